The van der Waals surface area contributed by atoms with Crippen molar-refractivity contribution in [2.45, 2.75) is 23.7 Å². The van der Waals surface area contributed by atoms with Crippen molar-refractivity contribution >= 4 is 11.8 Å². The summed E-state index contributed by atoms with van der Waals surface area (Å²) < 4.78 is 5.22. The molecule has 2 rings (SSSR count). The van der Waals surface area contributed by atoms with Gasteiger partial charge in [-0.05, 0) is 36.4 Å². The summed E-state index contributed by atoms with van der Waals surface area (Å²) in [5.41, 5.74) is 7.46. The lowest BCUT2D eigenvalue weighted by molar-refractivity contribution is 0.454. The fourth-order valence-corrected chi connectivity index (χ4v) is 1.89. The zero-order chi connectivity index (χ0) is 10.7. The van der Waals surface area contributed by atoms with Gasteiger partial charge < -0.3 is 10.2 Å². The summed E-state index contributed by atoms with van der Waals surface area (Å²) in [6, 6.07) is 3.83. The van der Waals surface area contributed by atoms with Gasteiger partial charge in [-0.1, -0.05) is 0 Å². The second kappa shape index (κ2) is 4.46. The molecule has 0 aromatic carbocycles. The molecule has 0 aliphatic heterocycles. The molecule has 4 nitrogen and oxygen atoms in total. The Bertz CT molecular complexity index is 455. The number of hydrogen-bond donors (Lipinski definition) is 1. The summed E-state index contributed by atoms with van der Waals surface area (Å²) in [5.74, 6) is 0. The fourth-order valence-electron chi connectivity index (χ4n) is 1.10. The van der Waals surface area contributed by atoms with Crippen molar-refractivity contribution in [3.63, 3.8) is 0 Å². The summed E-state index contributed by atoms with van der Waals surface area (Å²) in [6.45, 7) is 2.40. The van der Waals surface area contributed by atoms with Crippen molar-refractivity contribution in [1.29, 1.82) is 0 Å². The van der Waals surface area contributed by atoms with Crippen LogP contribution in [0.5, 0.6) is 0 Å². The quantitative estimate of drug-likeness (QED) is 0.858. The minimum absolute atomic E-state index is 0.515. The Labute approximate surface area is 91.9 Å². The third-order valence-corrected chi connectivity index (χ3v) is 2.62. The molecule has 0 radical (unpaired) electrons. The van der Waals surface area contributed by atoms with Gasteiger partial charge in [0.1, 0.15) is 11.3 Å². The minimum atomic E-state index is 0.515. The lowest BCUT2D eigenvalue weighted by atomic mass is 10.3. The predicted molar refractivity (Wildman–Crippen MR) is 57.5 cm³/mol. The molecule has 2 aromatic rings. The van der Waals surface area contributed by atoms with Crippen LogP contribution in [-0.4, -0.2) is 9.97 Å². The van der Waals surface area contributed by atoms with Gasteiger partial charge in [-0.2, -0.15) is 0 Å². The van der Waals surface area contributed by atoms with E-state index in [1.165, 1.54) is 11.8 Å². The van der Waals surface area contributed by atoms with Gasteiger partial charge in [0.05, 0.1) is 5.69 Å². The maximum Gasteiger partial charge on any atom is 0.262 e. The number of rotatable bonds is 3. The molecular formula is C10H11N3OS. The monoisotopic (exact) mass is 221 g/mol. The molecule has 0 amide bonds. The van der Waals surface area contributed by atoms with Crippen LogP contribution in [0.15, 0.2) is 39.3 Å². The molecule has 0 spiro atoms. The second-order valence-electron chi connectivity index (χ2n) is 3.06. The van der Waals surface area contributed by atoms with Gasteiger partial charge in [0.2, 0.25) is 0 Å². The normalized spacial score (nSPS) is 10.5. The van der Waals surface area contributed by atoms with Crippen molar-refractivity contribution in [3.05, 3.63) is 35.9 Å². The highest BCUT2D eigenvalue weighted by Crippen LogP contribution is 2.25. The van der Waals surface area contributed by atoms with Gasteiger partial charge in [-0.3, -0.25) is 0 Å². The van der Waals surface area contributed by atoms with Gasteiger partial charge >= 0.3 is 0 Å². The van der Waals surface area contributed by atoms with Crippen LogP contribution in [0, 0.1) is 6.92 Å². The third kappa shape index (κ3) is 2.57. The van der Waals surface area contributed by atoms with E-state index in [-0.39, 0.29) is 0 Å². The number of nitrogens with zero attached hydrogens (tertiary/aromatic N) is 2. The number of nitrogens with two attached hydrogens (primary N) is 1. The number of hydrogen-bond acceptors (Lipinski definition) is 5. The van der Waals surface area contributed by atoms with Gasteiger partial charge in [0.15, 0.2) is 0 Å². The maximum atomic E-state index is 5.54. The van der Waals surface area contributed by atoms with E-state index >= 15 is 0 Å². The molecule has 0 atom stereocenters. The molecule has 0 unspecified atom stereocenters. The van der Waals surface area contributed by atoms with Crippen LogP contribution in [0.2, 0.25) is 0 Å². The topological polar surface area (TPSA) is 64.9 Å². The van der Waals surface area contributed by atoms with Crippen LogP contribution in [0.1, 0.15) is 11.3 Å². The molecule has 2 heterocycles. The Morgan fingerprint density at radius 1 is 1.53 bits per heavy atom. The van der Waals surface area contributed by atoms with Gasteiger partial charge in [0, 0.05) is 12.7 Å². The Morgan fingerprint density at radius 2 is 2.40 bits per heavy atom. The van der Waals surface area contributed by atoms with E-state index in [1.807, 2.05) is 19.1 Å². The highest BCUT2D eigenvalue weighted by atomic mass is 32.2. The smallest absolute Gasteiger partial charge is 0.262 e. The molecule has 15 heavy (non-hydrogen) atoms. The second-order valence-corrected chi connectivity index (χ2v) is 4.03. The third-order valence-electron chi connectivity index (χ3n) is 1.82. The van der Waals surface area contributed by atoms with E-state index in [0.717, 1.165) is 16.3 Å². The molecule has 0 saturated carbocycles. The zero-order valence-corrected chi connectivity index (χ0v) is 9.12. The molecule has 2 N–H and O–H groups in total. The summed E-state index contributed by atoms with van der Waals surface area (Å²) in [4.78, 5) is 8.39. The van der Waals surface area contributed by atoms with Gasteiger partial charge in [-0.25, -0.2) is 9.97 Å². The summed E-state index contributed by atoms with van der Waals surface area (Å²) >= 11 is 1.39. The molecule has 0 aliphatic rings. The number of oxazole rings is 1. The first kappa shape index (κ1) is 10.2. The average Bonchev–Trinajstić information content (AvgIpc) is 2.64. The molecule has 0 fully saturated rings. The Balaban J connectivity index is 2.16. The van der Waals surface area contributed by atoms with Crippen LogP contribution >= 0.6 is 11.8 Å². The fraction of sp³-hybridized carbons (Fsp3) is 0.200. The van der Waals surface area contributed by atoms with E-state index in [9.17, 15) is 0 Å². The first-order chi connectivity index (χ1) is 7.28. The van der Waals surface area contributed by atoms with Crippen LogP contribution in [-0.2, 0) is 6.54 Å². The summed E-state index contributed by atoms with van der Waals surface area (Å²) in [6.07, 6.45) is 3.36. The van der Waals surface area contributed by atoms with Crippen molar-refractivity contribution in [2.75, 3.05) is 0 Å². The van der Waals surface area contributed by atoms with E-state index in [2.05, 4.69) is 9.97 Å². The van der Waals surface area contributed by atoms with Gasteiger partial charge in [-0.15, -0.1) is 0 Å². The minimum Gasteiger partial charge on any atom is -0.439 e. The standard InChI is InChI=1S/C10H11N3OS/c1-7-6-14-10(13-7)15-9-4-8(5-11)2-3-12-9/h2-4,6H,5,11H2,1H3. The first-order valence-corrected chi connectivity index (χ1v) is 5.34. The molecule has 0 saturated heterocycles. The van der Waals surface area contributed by atoms with E-state index in [4.69, 9.17) is 10.2 Å². The Hall–Kier alpha value is -1.33. The van der Waals surface area contributed by atoms with Crippen LogP contribution in [0.3, 0.4) is 0 Å². The largest absolute Gasteiger partial charge is 0.439 e. The highest BCUT2D eigenvalue weighted by molar-refractivity contribution is 7.99. The number of aromatic nitrogens is 2. The first-order valence-electron chi connectivity index (χ1n) is 4.53. The Kier molecular flexibility index (Phi) is 3.03. The molecule has 0 bridgehead atoms. The zero-order valence-electron chi connectivity index (χ0n) is 8.30. The molecule has 78 valence electrons. The molecule has 0 aliphatic carbocycles. The van der Waals surface area contributed by atoms with Crippen molar-refractivity contribution < 1.29 is 4.42 Å². The lowest BCUT2D eigenvalue weighted by Gasteiger charge is -1.98. The lowest BCUT2D eigenvalue weighted by Crippen LogP contribution is -1.96. The molecular weight excluding hydrogens is 210 g/mol. The number of pyridine rings is 1. The van der Waals surface area contributed by atoms with Crippen LogP contribution < -0.4 is 5.73 Å². The Morgan fingerprint density at radius 3 is 3.07 bits per heavy atom. The number of aryl methyl sites for hydroxylation is 1. The summed E-state index contributed by atoms with van der Waals surface area (Å²) in [5, 5.41) is 1.45. The molecule has 2 aromatic heterocycles. The van der Waals surface area contributed by atoms with Crippen molar-refractivity contribution in [1.82, 2.24) is 9.97 Å². The van der Waals surface area contributed by atoms with Gasteiger partial charge in [0.25, 0.3) is 5.22 Å². The van der Waals surface area contributed by atoms with Crippen molar-refractivity contribution in [2.24, 2.45) is 5.73 Å². The van der Waals surface area contributed by atoms with Crippen LogP contribution in [0.25, 0.3) is 0 Å². The van der Waals surface area contributed by atoms with Crippen molar-refractivity contribution in [3.8, 4) is 0 Å². The average molecular weight is 221 g/mol. The predicted octanol–water partition coefficient (Wildman–Crippen LogP) is 1.99. The van der Waals surface area contributed by atoms with E-state index in [0.29, 0.717) is 11.8 Å². The van der Waals surface area contributed by atoms with E-state index < -0.39 is 0 Å². The molecule has 5 heteroatoms. The summed E-state index contributed by atoms with van der Waals surface area (Å²) in [7, 11) is 0. The SMILES string of the molecule is Cc1coc(Sc2cc(CN)ccn2)n1. The van der Waals surface area contributed by atoms with Crippen LogP contribution in [0.4, 0.5) is 0 Å². The maximum absolute atomic E-state index is 5.54. The highest BCUT2D eigenvalue weighted by Gasteiger charge is 2.04. The van der Waals surface area contributed by atoms with E-state index in [1.54, 1.807) is 12.5 Å².